The highest BCUT2D eigenvalue weighted by Gasteiger charge is 2.47. The van der Waals surface area contributed by atoms with Crippen LogP contribution in [-0.2, 0) is 23.8 Å². The number of aliphatic hydroxyl groups excluding tert-OH is 5. The van der Waals surface area contributed by atoms with E-state index in [1.165, 1.54) is 173 Å². The molecule has 0 aromatic carbocycles. The van der Waals surface area contributed by atoms with Crippen molar-refractivity contribution in [3.63, 3.8) is 0 Å². The van der Waals surface area contributed by atoms with E-state index in [-0.39, 0.29) is 19.4 Å². The smallest absolute Gasteiger partial charge is 0.306 e. The Morgan fingerprint density at radius 1 is 0.481 bits per heavy atom. The Bertz CT molecular complexity index is 1550. The summed E-state index contributed by atoms with van der Waals surface area (Å²) in [6, 6.07) is -1.03. The number of ether oxygens (including phenoxy) is 3. The Morgan fingerprint density at radius 2 is 0.852 bits per heavy atom. The second kappa shape index (κ2) is 57.8. The molecule has 0 radical (unpaired) electrons. The molecule has 1 saturated heterocycles. The van der Waals surface area contributed by atoms with Gasteiger partial charge in [-0.2, -0.15) is 0 Å². The average molecular weight is 1140 g/mol. The van der Waals surface area contributed by atoms with E-state index in [4.69, 9.17) is 14.2 Å². The highest BCUT2D eigenvalue weighted by molar-refractivity contribution is 5.80. The molecule has 6 N–H and O–H groups in total. The zero-order valence-corrected chi connectivity index (χ0v) is 52.4. The molecule has 11 nitrogen and oxygen atoms in total. The van der Waals surface area contributed by atoms with Crippen LogP contribution in [-0.4, -0.2) is 99.6 Å². The average Bonchev–Trinajstić information content (AvgIpc) is 3.47. The lowest BCUT2D eigenvalue weighted by Gasteiger charge is -2.41. The summed E-state index contributed by atoms with van der Waals surface area (Å²) >= 11 is 0. The Kier molecular flexibility index (Phi) is 54.5. The molecule has 0 bridgehead atoms. The second-order valence-corrected chi connectivity index (χ2v) is 23.6. The number of carbonyl (C=O) groups excluding carboxylic acids is 2. The predicted molar refractivity (Wildman–Crippen MR) is 338 cm³/mol. The summed E-state index contributed by atoms with van der Waals surface area (Å²) in [5, 5.41) is 57.2. The number of hydrogen-bond donors (Lipinski definition) is 6. The minimum atomic E-state index is -1.62. The molecule has 0 aromatic heterocycles. The fourth-order valence-corrected chi connectivity index (χ4v) is 10.5. The molecular formula is C70H127NO10. The van der Waals surface area contributed by atoms with Crippen LogP contribution in [0.25, 0.3) is 0 Å². The van der Waals surface area contributed by atoms with Gasteiger partial charge in [0.1, 0.15) is 24.4 Å². The molecule has 0 aromatic rings. The zero-order valence-electron chi connectivity index (χ0n) is 52.4. The van der Waals surface area contributed by atoms with Gasteiger partial charge in [-0.05, 0) is 89.9 Å². The number of nitrogens with one attached hydrogen (secondary N) is 1. The molecule has 1 aliphatic heterocycles. The van der Waals surface area contributed by atoms with E-state index in [9.17, 15) is 35.1 Å². The first kappa shape index (κ1) is 76.4. The molecule has 8 unspecified atom stereocenters. The first-order valence-electron chi connectivity index (χ1n) is 34.1. The summed E-state index contributed by atoms with van der Waals surface area (Å²) in [5.74, 6) is -1.20. The lowest BCUT2D eigenvalue weighted by atomic mass is 9.99. The molecule has 472 valence electrons. The maximum absolute atomic E-state index is 13.5. The summed E-state index contributed by atoms with van der Waals surface area (Å²) in [7, 11) is 0. The van der Waals surface area contributed by atoms with Gasteiger partial charge in [-0.15, -0.1) is 0 Å². The molecule has 0 aliphatic carbocycles. The number of carbonyl (C=O) groups is 2. The Morgan fingerprint density at radius 3 is 1.31 bits per heavy atom. The van der Waals surface area contributed by atoms with Gasteiger partial charge in [0.2, 0.25) is 5.91 Å². The van der Waals surface area contributed by atoms with Crippen molar-refractivity contribution in [3.05, 3.63) is 60.8 Å². The van der Waals surface area contributed by atoms with Crippen LogP contribution in [0, 0.1) is 0 Å². The van der Waals surface area contributed by atoms with Crippen LogP contribution in [0.1, 0.15) is 310 Å². The lowest BCUT2D eigenvalue weighted by molar-refractivity contribution is -0.305. The predicted octanol–water partition coefficient (Wildman–Crippen LogP) is 17.0. The summed E-state index contributed by atoms with van der Waals surface area (Å²) in [4.78, 5) is 26.6. The standard InChI is InChI=1S/C70H127NO10/c1-4-7-10-13-16-19-22-25-27-29-31-33-34-36-39-42-45-48-51-54-57-63(74)69(78)71-61(62(73)56-53-50-47-44-41-38-24-21-18-15-12-9-6-3)60-79-70-68(67(77)66(76)64(59-72)80-70)81-65(75)58-55-52-49-46-43-40-37-35-32-30-28-26-23-20-17-14-11-8-5-2/h17,20,25-28,32,35,53,56,61-64,66-68,70,72-74,76-77H,4-16,18-19,21-24,29-31,33-34,36-52,54-55,57-60H2,1-3H3,(H,71,78)/b20-17-,27-25+,28-26-,35-32-,56-53+. The number of esters is 1. The molecule has 0 spiro atoms. The maximum atomic E-state index is 13.5. The molecule has 1 rings (SSSR count). The highest BCUT2D eigenvalue weighted by Crippen LogP contribution is 2.26. The van der Waals surface area contributed by atoms with E-state index in [0.717, 1.165) is 89.9 Å². The SMILES string of the molecule is CCCCC/C=C\C/C=C\C/C=C\CCCCCCCCC(=O)OC1C(OCC(NC(=O)C(O)CCCCCCCCCCCC/C=C/CCCCCCCC)C(O)/C=C/CCCCCCCCCCCCC)OC(CO)C(O)C1O. The molecule has 1 fully saturated rings. The van der Waals surface area contributed by atoms with Gasteiger partial charge in [-0.3, -0.25) is 9.59 Å². The Balaban J connectivity index is 2.64. The molecule has 1 aliphatic rings. The Hall–Kier alpha value is -2.64. The minimum Gasteiger partial charge on any atom is -0.454 e. The van der Waals surface area contributed by atoms with Crippen LogP contribution in [0.5, 0.6) is 0 Å². The van der Waals surface area contributed by atoms with Gasteiger partial charge in [0.25, 0.3) is 0 Å². The van der Waals surface area contributed by atoms with Crippen molar-refractivity contribution in [3.8, 4) is 0 Å². The third-order valence-corrected chi connectivity index (χ3v) is 15.9. The van der Waals surface area contributed by atoms with Gasteiger partial charge in [0.15, 0.2) is 12.4 Å². The first-order valence-corrected chi connectivity index (χ1v) is 34.1. The van der Waals surface area contributed by atoms with Crippen molar-refractivity contribution in [1.29, 1.82) is 0 Å². The zero-order chi connectivity index (χ0) is 58.9. The molecule has 1 heterocycles. The van der Waals surface area contributed by atoms with E-state index in [0.29, 0.717) is 12.8 Å². The molecular weight excluding hydrogens is 1010 g/mol. The third-order valence-electron chi connectivity index (χ3n) is 15.9. The van der Waals surface area contributed by atoms with E-state index in [1.807, 2.05) is 6.08 Å². The van der Waals surface area contributed by atoms with Crippen molar-refractivity contribution >= 4 is 11.9 Å². The summed E-state index contributed by atoms with van der Waals surface area (Å²) < 4.78 is 17.7. The van der Waals surface area contributed by atoms with E-state index >= 15 is 0 Å². The maximum Gasteiger partial charge on any atom is 0.306 e. The molecule has 11 heteroatoms. The van der Waals surface area contributed by atoms with Gasteiger partial charge in [0, 0.05) is 6.42 Å². The van der Waals surface area contributed by atoms with E-state index in [1.54, 1.807) is 6.08 Å². The third kappa shape index (κ3) is 45.4. The number of rotatable bonds is 58. The number of hydrogen-bond acceptors (Lipinski definition) is 10. The number of unbranched alkanes of at least 4 members (excludes halogenated alkanes) is 36. The molecule has 0 saturated carbocycles. The van der Waals surface area contributed by atoms with Crippen molar-refractivity contribution in [2.45, 2.75) is 359 Å². The number of allylic oxidation sites excluding steroid dienone is 9. The summed E-state index contributed by atoms with van der Waals surface area (Å²) in [6.45, 7) is 5.78. The van der Waals surface area contributed by atoms with Crippen molar-refractivity contribution < 1.29 is 49.3 Å². The van der Waals surface area contributed by atoms with Crippen molar-refractivity contribution in [2.24, 2.45) is 0 Å². The van der Waals surface area contributed by atoms with E-state index in [2.05, 4.69) is 74.7 Å². The first-order chi connectivity index (χ1) is 39.7. The fourth-order valence-electron chi connectivity index (χ4n) is 10.5. The van der Waals surface area contributed by atoms with Crippen LogP contribution in [0.3, 0.4) is 0 Å². The summed E-state index contributed by atoms with van der Waals surface area (Å²) in [5.41, 5.74) is 0. The van der Waals surface area contributed by atoms with Gasteiger partial charge < -0.3 is 45.1 Å². The topological polar surface area (TPSA) is 175 Å². The van der Waals surface area contributed by atoms with Crippen LogP contribution in [0.4, 0.5) is 0 Å². The fraction of sp³-hybridized carbons (Fsp3) is 0.829. The van der Waals surface area contributed by atoms with Gasteiger partial charge in [-0.25, -0.2) is 0 Å². The monoisotopic (exact) mass is 1140 g/mol. The second-order valence-electron chi connectivity index (χ2n) is 23.6. The number of aliphatic hydroxyl groups is 5. The summed E-state index contributed by atoms with van der Waals surface area (Å²) in [6.07, 6.45) is 62.5. The van der Waals surface area contributed by atoms with Crippen LogP contribution in [0.15, 0.2) is 60.8 Å². The highest BCUT2D eigenvalue weighted by atomic mass is 16.7. The van der Waals surface area contributed by atoms with Crippen molar-refractivity contribution in [2.75, 3.05) is 13.2 Å². The minimum absolute atomic E-state index is 0.109. The van der Waals surface area contributed by atoms with Crippen molar-refractivity contribution in [1.82, 2.24) is 5.32 Å². The number of amides is 1. The van der Waals surface area contributed by atoms with E-state index < -0.39 is 67.4 Å². The molecule has 8 atom stereocenters. The lowest BCUT2D eigenvalue weighted by Crippen LogP contribution is -2.61. The van der Waals surface area contributed by atoms with Crippen LogP contribution >= 0.6 is 0 Å². The van der Waals surface area contributed by atoms with Gasteiger partial charge in [-0.1, -0.05) is 274 Å². The molecule has 1 amide bonds. The van der Waals surface area contributed by atoms with Gasteiger partial charge >= 0.3 is 5.97 Å². The quantitative estimate of drug-likeness (QED) is 0.0195. The Labute approximate surface area is 497 Å². The largest absolute Gasteiger partial charge is 0.454 e. The molecule has 81 heavy (non-hydrogen) atoms. The normalized spacial score (nSPS) is 19.0. The van der Waals surface area contributed by atoms with Gasteiger partial charge in [0.05, 0.1) is 25.4 Å². The van der Waals surface area contributed by atoms with Crippen LogP contribution in [0.2, 0.25) is 0 Å². The van der Waals surface area contributed by atoms with Crippen LogP contribution < -0.4 is 5.32 Å².